The fraction of sp³-hybridized carbons (Fsp3) is 0.714. The highest BCUT2D eigenvalue weighted by Crippen LogP contribution is 2.33. The Morgan fingerprint density at radius 2 is 1.32 bits per heavy atom. The average Bonchev–Trinajstić information content (AvgIpc) is 2.28. The van der Waals surface area contributed by atoms with Gasteiger partial charge in [0.1, 0.15) is 0 Å². The first-order valence-corrected chi connectivity index (χ1v) is 7.86. The molecule has 1 rings (SSSR count). The fourth-order valence-corrected chi connectivity index (χ4v) is 2.00. The summed E-state index contributed by atoms with van der Waals surface area (Å²) in [6, 6.07) is 0. The third-order valence-electron chi connectivity index (χ3n) is 1.97. The van der Waals surface area contributed by atoms with Crippen molar-refractivity contribution in [2.24, 2.45) is 0 Å². The molecule has 0 aliphatic carbocycles. The van der Waals surface area contributed by atoms with E-state index in [2.05, 4.69) is 13.1 Å². The zero-order chi connectivity index (χ0) is 17.4. The minimum Gasteiger partial charge on any atom is -0.462 e. The summed E-state index contributed by atoms with van der Waals surface area (Å²) in [6.07, 6.45) is -0.778. The molecule has 0 amide bonds. The van der Waals surface area contributed by atoms with E-state index in [1.165, 1.54) is 0 Å². The molecule has 130 valence electrons. The molecule has 15 heteroatoms. The van der Waals surface area contributed by atoms with Gasteiger partial charge in [0.25, 0.3) is 0 Å². The van der Waals surface area contributed by atoms with E-state index in [4.69, 9.17) is 0 Å². The van der Waals surface area contributed by atoms with Crippen LogP contribution >= 0.6 is 0 Å². The summed E-state index contributed by atoms with van der Waals surface area (Å²) in [5.41, 5.74) is -11.8. The van der Waals surface area contributed by atoms with Crippen molar-refractivity contribution < 1.29 is 56.3 Å². The van der Waals surface area contributed by atoms with E-state index in [0.717, 1.165) is 0 Å². The minimum absolute atomic E-state index is 0.137. The maximum atomic E-state index is 12.1. The monoisotopic (exact) mass is 380 g/mol. The van der Waals surface area contributed by atoms with Crippen molar-refractivity contribution in [3.8, 4) is 0 Å². The smallest absolute Gasteiger partial charge is 0.462 e. The molecule has 0 N–H and O–H groups in total. The largest absolute Gasteiger partial charge is 0.534 e. The molecule has 0 spiro atoms. The summed E-state index contributed by atoms with van der Waals surface area (Å²) < 4.78 is 127. The first-order chi connectivity index (χ1) is 9.67. The maximum absolute atomic E-state index is 12.1. The standard InChI is InChI=1S/C7H6F6O7S2/c8-6(9,10)21(14,15)19-4-2-1-3-18-5(4)20-22(16,17)7(11,12)13/h1-3H2. The van der Waals surface area contributed by atoms with Crippen LogP contribution in [0.25, 0.3) is 0 Å². The van der Waals surface area contributed by atoms with Gasteiger partial charge in [-0.25, -0.2) is 0 Å². The Hall–Kier alpha value is -1.38. The van der Waals surface area contributed by atoms with E-state index in [0.29, 0.717) is 0 Å². The molecule has 0 fully saturated rings. The van der Waals surface area contributed by atoms with E-state index in [9.17, 15) is 43.2 Å². The summed E-state index contributed by atoms with van der Waals surface area (Å²) in [4.78, 5) is 0. The summed E-state index contributed by atoms with van der Waals surface area (Å²) in [5.74, 6) is -2.95. The Morgan fingerprint density at radius 1 is 0.864 bits per heavy atom. The van der Waals surface area contributed by atoms with E-state index in [1.54, 1.807) is 0 Å². The Labute approximate surface area is 119 Å². The zero-order valence-electron chi connectivity index (χ0n) is 10.1. The topological polar surface area (TPSA) is 96.0 Å². The van der Waals surface area contributed by atoms with Gasteiger partial charge in [0.05, 0.1) is 6.61 Å². The van der Waals surface area contributed by atoms with Gasteiger partial charge < -0.3 is 13.1 Å². The van der Waals surface area contributed by atoms with E-state index < -0.39 is 56.0 Å². The summed E-state index contributed by atoms with van der Waals surface area (Å²) >= 11 is 0. The number of hydrogen-bond acceptors (Lipinski definition) is 7. The van der Waals surface area contributed by atoms with Crippen molar-refractivity contribution in [3.63, 3.8) is 0 Å². The third kappa shape index (κ3) is 4.08. The van der Waals surface area contributed by atoms with Gasteiger partial charge in [-0.05, 0) is 6.42 Å². The molecule has 0 radical (unpaired) electrons. The average molecular weight is 380 g/mol. The highest BCUT2D eigenvalue weighted by molar-refractivity contribution is 7.88. The number of halogens is 6. The number of alkyl halides is 6. The van der Waals surface area contributed by atoms with Crippen LogP contribution in [0.1, 0.15) is 12.8 Å². The first kappa shape index (κ1) is 18.7. The van der Waals surface area contributed by atoms with Crippen LogP contribution in [-0.4, -0.2) is 34.5 Å². The Bertz CT molecular complexity index is 598. The molecule has 7 nitrogen and oxygen atoms in total. The molecule has 1 aliphatic heterocycles. The molecule has 0 bridgehead atoms. The summed E-state index contributed by atoms with van der Waals surface area (Å²) in [5, 5.41) is 0. The van der Waals surface area contributed by atoms with Gasteiger partial charge in [0.15, 0.2) is 0 Å². The highest BCUT2D eigenvalue weighted by atomic mass is 32.2. The molecule has 0 aromatic rings. The van der Waals surface area contributed by atoms with Crippen molar-refractivity contribution in [2.75, 3.05) is 6.61 Å². The van der Waals surface area contributed by atoms with Crippen LogP contribution in [0.5, 0.6) is 0 Å². The quantitative estimate of drug-likeness (QED) is 0.416. The Kier molecular flexibility index (Phi) is 4.82. The molecule has 0 saturated carbocycles. The molecule has 22 heavy (non-hydrogen) atoms. The molecule has 0 saturated heterocycles. The molecule has 0 atom stereocenters. The van der Waals surface area contributed by atoms with Crippen molar-refractivity contribution in [1.82, 2.24) is 0 Å². The molecule has 0 aromatic heterocycles. The minimum atomic E-state index is -6.26. The summed E-state index contributed by atoms with van der Waals surface area (Å²) in [7, 11) is -12.5. The lowest BCUT2D eigenvalue weighted by Gasteiger charge is -2.21. The molecular formula is C7H6F6O7S2. The predicted molar refractivity (Wildman–Crippen MR) is 54.3 cm³/mol. The van der Waals surface area contributed by atoms with Gasteiger partial charge in [-0.15, -0.1) is 0 Å². The molecule has 0 aromatic carbocycles. The predicted octanol–water partition coefficient (Wildman–Crippen LogP) is 1.70. The molecule has 1 aliphatic rings. The van der Waals surface area contributed by atoms with E-state index in [1.807, 2.05) is 0 Å². The van der Waals surface area contributed by atoms with Gasteiger partial charge in [0, 0.05) is 6.42 Å². The van der Waals surface area contributed by atoms with E-state index in [-0.39, 0.29) is 6.42 Å². The van der Waals surface area contributed by atoms with Crippen LogP contribution in [0.3, 0.4) is 0 Å². The van der Waals surface area contributed by atoms with Crippen molar-refractivity contribution in [2.45, 2.75) is 23.9 Å². The van der Waals surface area contributed by atoms with Crippen LogP contribution in [0.15, 0.2) is 11.7 Å². The van der Waals surface area contributed by atoms with Gasteiger partial charge in [-0.2, -0.15) is 43.2 Å². The SMILES string of the molecule is O=S(=O)(OC1=C(OS(=O)(=O)C(F)(F)F)OCCC1)C(F)(F)F. The summed E-state index contributed by atoms with van der Waals surface area (Å²) in [6.45, 7) is -0.415. The van der Waals surface area contributed by atoms with Crippen molar-refractivity contribution in [1.29, 1.82) is 0 Å². The second kappa shape index (κ2) is 5.68. The fourth-order valence-electron chi connectivity index (χ4n) is 1.05. The van der Waals surface area contributed by atoms with Gasteiger partial charge >= 0.3 is 37.2 Å². The molecule has 0 unspecified atom stereocenters. The zero-order valence-corrected chi connectivity index (χ0v) is 11.7. The maximum Gasteiger partial charge on any atom is 0.534 e. The second-order valence-electron chi connectivity index (χ2n) is 3.63. The van der Waals surface area contributed by atoms with Crippen LogP contribution in [0.4, 0.5) is 26.3 Å². The first-order valence-electron chi connectivity index (χ1n) is 5.05. The molecule has 1 heterocycles. The lowest BCUT2D eigenvalue weighted by Crippen LogP contribution is -2.29. The number of ether oxygens (including phenoxy) is 1. The Balaban J connectivity index is 3.16. The lowest BCUT2D eigenvalue weighted by atomic mass is 10.2. The van der Waals surface area contributed by atoms with Gasteiger partial charge in [-0.1, -0.05) is 0 Å². The lowest BCUT2D eigenvalue weighted by molar-refractivity contribution is -0.0599. The van der Waals surface area contributed by atoms with Crippen molar-refractivity contribution >= 4 is 20.2 Å². The normalized spacial score (nSPS) is 17.9. The number of hydrogen-bond donors (Lipinski definition) is 0. The van der Waals surface area contributed by atoms with Crippen LogP contribution in [0, 0.1) is 0 Å². The number of rotatable bonds is 4. The van der Waals surface area contributed by atoms with E-state index >= 15 is 0 Å². The van der Waals surface area contributed by atoms with Crippen LogP contribution in [-0.2, 0) is 33.3 Å². The molecular weight excluding hydrogens is 374 g/mol. The van der Waals surface area contributed by atoms with Gasteiger partial charge in [-0.3, -0.25) is 0 Å². The highest BCUT2D eigenvalue weighted by Gasteiger charge is 2.52. The van der Waals surface area contributed by atoms with Crippen LogP contribution < -0.4 is 0 Å². The van der Waals surface area contributed by atoms with Gasteiger partial charge in [0.2, 0.25) is 5.76 Å². The third-order valence-corrected chi connectivity index (χ3v) is 3.90. The van der Waals surface area contributed by atoms with Crippen LogP contribution in [0.2, 0.25) is 0 Å². The second-order valence-corrected chi connectivity index (χ2v) is 6.70. The van der Waals surface area contributed by atoms with Crippen molar-refractivity contribution in [3.05, 3.63) is 11.7 Å². The number of allylic oxidation sites excluding steroid dienone is 1. The Morgan fingerprint density at radius 3 is 1.77 bits per heavy atom.